The van der Waals surface area contributed by atoms with E-state index in [1.54, 1.807) is 0 Å². The molecule has 0 spiro atoms. The molecule has 0 aliphatic carbocycles. The summed E-state index contributed by atoms with van der Waals surface area (Å²) in [5, 5.41) is 2.82. The molecule has 1 amide bonds. The van der Waals surface area contributed by atoms with Gasteiger partial charge in [0, 0.05) is 18.9 Å². The highest BCUT2D eigenvalue weighted by Gasteiger charge is 2.21. The molecule has 0 unspecified atom stereocenters. The summed E-state index contributed by atoms with van der Waals surface area (Å²) in [4.78, 5) is 11.0. The number of amides is 1. The van der Waals surface area contributed by atoms with E-state index in [9.17, 15) is 4.79 Å². The van der Waals surface area contributed by atoms with E-state index in [1.165, 1.54) is 5.56 Å². The van der Waals surface area contributed by atoms with Gasteiger partial charge >= 0.3 is 0 Å². The minimum absolute atomic E-state index is 0.134. The second-order valence-electron chi connectivity index (χ2n) is 4.91. The lowest BCUT2D eigenvalue weighted by atomic mass is 10.0. The maximum absolute atomic E-state index is 11.0. The van der Waals surface area contributed by atoms with Crippen LogP contribution in [0.3, 0.4) is 0 Å². The zero-order valence-corrected chi connectivity index (χ0v) is 10.4. The SMILES string of the molecule is CC(C)c1cccc(OC[C@H]2CNC(=O)C2)c1. The Labute approximate surface area is 102 Å². The summed E-state index contributed by atoms with van der Waals surface area (Å²) in [6, 6.07) is 8.17. The molecule has 0 saturated carbocycles. The molecule has 1 aliphatic heterocycles. The topological polar surface area (TPSA) is 38.3 Å². The van der Waals surface area contributed by atoms with Crippen LogP contribution < -0.4 is 10.1 Å². The van der Waals surface area contributed by atoms with Gasteiger partial charge in [-0.2, -0.15) is 0 Å². The molecule has 1 N–H and O–H groups in total. The van der Waals surface area contributed by atoms with Crippen LogP contribution in [0.2, 0.25) is 0 Å². The van der Waals surface area contributed by atoms with Crippen molar-refractivity contribution in [3.63, 3.8) is 0 Å². The van der Waals surface area contributed by atoms with Crippen molar-refractivity contribution in [1.82, 2.24) is 5.32 Å². The summed E-state index contributed by atoms with van der Waals surface area (Å²) in [5.74, 6) is 1.85. The van der Waals surface area contributed by atoms with Crippen molar-refractivity contribution in [3.8, 4) is 5.75 Å². The summed E-state index contributed by atoms with van der Waals surface area (Å²) in [6.07, 6.45) is 0.587. The average molecular weight is 233 g/mol. The van der Waals surface area contributed by atoms with Crippen LogP contribution in [-0.4, -0.2) is 19.1 Å². The zero-order valence-electron chi connectivity index (χ0n) is 10.4. The first-order valence-electron chi connectivity index (χ1n) is 6.14. The van der Waals surface area contributed by atoms with Crippen LogP contribution in [0.5, 0.6) is 5.75 Å². The quantitative estimate of drug-likeness (QED) is 0.866. The van der Waals surface area contributed by atoms with Gasteiger partial charge in [-0.1, -0.05) is 26.0 Å². The first-order valence-corrected chi connectivity index (χ1v) is 6.14. The van der Waals surface area contributed by atoms with E-state index < -0.39 is 0 Å². The molecule has 92 valence electrons. The molecule has 2 rings (SSSR count). The van der Waals surface area contributed by atoms with Gasteiger partial charge in [-0.15, -0.1) is 0 Å². The normalized spacial score (nSPS) is 19.5. The van der Waals surface area contributed by atoms with Gasteiger partial charge in [0.1, 0.15) is 5.75 Å². The molecule has 17 heavy (non-hydrogen) atoms. The minimum Gasteiger partial charge on any atom is -0.493 e. The van der Waals surface area contributed by atoms with Gasteiger partial charge in [0.15, 0.2) is 0 Å². The smallest absolute Gasteiger partial charge is 0.220 e. The van der Waals surface area contributed by atoms with E-state index in [0.29, 0.717) is 24.9 Å². The molecule has 0 bridgehead atoms. The number of benzene rings is 1. The van der Waals surface area contributed by atoms with Crippen LogP contribution in [0.25, 0.3) is 0 Å². The van der Waals surface area contributed by atoms with E-state index in [2.05, 4.69) is 31.3 Å². The Balaban J connectivity index is 1.90. The molecule has 1 heterocycles. The number of rotatable bonds is 4. The summed E-state index contributed by atoms with van der Waals surface area (Å²) >= 11 is 0. The minimum atomic E-state index is 0.134. The molecule has 1 aliphatic rings. The largest absolute Gasteiger partial charge is 0.493 e. The molecule has 3 heteroatoms. The summed E-state index contributed by atoms with van der Waals surface area (Å²) in [6.45, 7) is 5.68. The lowest BCUT2D eigenvalue weighted by Gasteiger charge is -2.12. The lowest BCUT2D eigenvalue weighted by molar-refractivity contribution is -0.119. The van der Waals surface area contributed by atoms with E-state index >= 15 is 0 Å². The van der Waals surface area contributed by atoms with E-state index in [4.69, 9.17) is 4.74 Å². The highest BCUT2D eigenvalue weighted by molar-refractivity contribution is 5.78. The van der Waals surface area contributed by atoms with Crippen molar-refractivity contribution in [2.75, 3.05) is 13.2 Å². The van der Waals surface area contributed by atoms with Gasteiger partial charge in [0.25, 0.3) is 0 Å². The van der Waals surface area contributed by atoms with Crippen molar-refractivity contribution < 1.29 is 9.53 Å². The maximum Gasteiger partial charge on any atom is 0.220 e. The van der Waals surface area contributed by atoms with Crippen molar-refractivity contribution >= 4 is 5.91 Å². The first kappa shape index (κ1) is 12.0. The fraction of sp³-hybridized carbons (Fsp3) is 0.500. The van der Waals surface area contributed by atoms with Gasteiger partial charge in [-0.05, 0) is 23.6 Å². The third kappa shape index (κ3) is 3.22. The van der Waals surface area contributed by atoms with Gasteiger partial charge in [-0.3, -0.25) is 4.79 Å². The Morgan fingerprint density at radius 1 is 1.47 bits per heavy atom. The average Bonchev–Trinajstić information content (AvgIpc) is 2.73. The van der Waals surface area contributed by atoms with E-state index in [-0.39, 0.29) is 5.91 Å². The predicted octanol–water partition coefficient (Wildman–Crippen LogP) is 2.32. The molecule has 1 saturated heterocycles. The van der Waals surface area contributed by atoms with Crippen LogP contribution in [0, 0.1) is 5.92 Å². The highest BCUT2D eigenvalue weighted by Crippen LogP contribution is 2.21. The Hall–Kier alpha value is -1.51. The number of hydrogen-bond donors (Lipinski definition) is 1. The lowest BCUT2D eigenvalue weighted by Crippen LogP contribution is -2.16. The fourth-order valence-corrected chi connectivity index (χ4v) is 1.96. The number of carbonyl (C=O) groups is 1. The number of hydrogen-bond acceptors (Lipinski definition) is 2. The van der Waals surface area contributed by atoms with Crippen LogP contribution in [0.4, 0.5) is 0 Å². The summed E-state index contributed by atoms with van der Waals surface area (Å²) in [5.41, 5.74) is 1.28. The molecule has 1 aromatic carbocycles. The van der Waals surface area contributed by atoms with Crippen molar-refractivity contribution in [3.05, 3.63) is 29.8 Å². The Bertz CT molecular complexity index is 401. The van der Waals surface area contributed by atoms with Gasteiger partial charge in [0.2, 0.25) is 5.91 Å². The fourth-order valence-electron chi connectivity index (χ4n) is 1.96. The third-order valence-corrected chi connectivity index (χ3v) is 3.07. The van der Waals surface area contributed by atoms with E-state index in [1.807, 2.05) is 12.1 Å². The van der Waals surface area contributed by atoms with Crippen molar-refractivity contribution in [2.24, 2.45) is 5.92 Å². The van der Waals surface area contributed by atoms with Crippen LogP contribution >= 0.6 is 0 Å². The monoisotopic (exact) mass is 233 g/mol. The number of nitrogens with one attached hydrogen (secondary N) is 1. The number of carbonyl (C=O) groups excluding carboxylic acids is 1. The van der Waals surface area contributed by atoms with Crippen LogP contribution in [0.15, 0.2) is 24.3 Å². The third-order valence-electron chi connectivity index (χ3n) is 3.07. The second kappa shape index (κ2) is 5.21. The standard InChI is InChI=1S/C14H19NO2/c1-10(2)12-4-3-5-13(7-12)17-9-11-6-14(16)15-8-11/h3-5,7,10-11H,6,8-9H2,1-2H3,(H,15,16)/t11-/m1/s1. The molecule has 1 atom stereocenters. The summed E-state index contributed by atoms with van der Waals surface area (Å²) < 4.78 is 5.74. The summed E-state index contributed by atoms with van der Waals surface area (Å²) in [7, 11) is 0. The Morgan fingerprint density at radius 3 is 2.94 bits per heavy atom. The molecule has 3 nitrogen and oxygen atoms in total. The molecular formula is C14H19NO2. The number of ether oxygens (including phenoxy) is 1. The Kier molecular flexibility index (Phi) is 3.67. The molecule has 0 radical (unpaired) electrons. The highest BCUT2D eigenvalue weighted by atomic mass is 16.5. The molecule has 1 aromatic rings. The predicted molar refractivity (Wildman–Crippen MR) is 67.1 cm³/mol. The van der Waals surface area contributed by atoms with E-state index in [0.717, 1.165) is 12.3 Å². The Morgan fingerprint density at radius 2 is 2.29 bits per heavy atom. The van der Waals surface area contributed by atoms with Crippen LogP contribution in [-0.2, 0) is 4.79 Å². The molecular weight excluding hydrogens is 214 g/mol. The van der Waals surface area contributed by atoms with Crippen LogP contribution in [0.1, 0.15) is 31.7 Å². The van der Waals surface area contributed by atoms with Crippen molar-refractivity contribution in [2.45, 2.75) is 26.2 Å². The van der Waals surface area contributed by atoms with Gasteiger partial charge in [-0.25, -0.2) is 0 Å². The second-order valence-corrected chi connectivity index (χ2v) is 4.91. The molecule has 1 fully saturated rings. The molecule has 0 aromatic heterocycles. The van der Waals surface area contributed by atoms with Crippen molar-refractivity contribution in [1.29, 1.82) is 0 Å². The van der Waals surface area contributed by atoms with Gasteiger partial charge in [0.05, 0.1) is 6.61 Å². The first-order chi connectivity index (χ1) is 8.15. The van der Waals surface area contributed by atoms with Gasteiger partial charge < -0.3 is 10.1 Å². The maximum atomic E-state index is 11.0. The zero-order chi connectivity index (χ0) is 12.3.